The number of halogens is 1. The number of nitrogens with zero attached hydrogens (tertiary/aromatic N) is 3. The summed E-state index contributed by atoms with van der Waals surface area (Å²) >= 11 is 6.00. The molecule has 0 spiro atoms. The van der Waals surface area contributed by atoms with E-state index >= 15 is 0 Å². The van der Waals surface area contributed by atoms with E-state index in [0.717, 1.165) is 43.2 Å². The molecular formula is C25H27ClN4O2. The molecule has 1 amide bonds. The number of aromatic nitrogens is 3. The van der Waals surface area contributed by atoms with Gasteiger partial charge in [0.2, 0.25) is 5.91 Å². The number of carbonyl (C=O) groups excluding carboxylic acids is 1. The number of benzene rings is 1. The first-order valence-electron chi connectivity index (χ1n) is 11.1. The standard InChI is InChI=1S/C25H27ClN4O2/c1-2-3-4-7-22-28-21(18-8-10-20(26)11-9-18)15-24(32)30(22)17-23(31)29-25(12-13-25)19-6-5-14-27-16-19/h5-6,8-11,14-16H,2-4,7,12-13,17H2,1H3,(H,29,31). The zero-order valence-corrected chi connectivity index (χ0v) is 18.9. The van der Waals surface area contributed by atoms with Gasteiger partial charge in [0.25, 0.3) is 5.56 Å². The van der Waals surface area contributed by atoms with E-state index in [1.54, 1.807) is 24.5 Å². The van der Waals surface area contributed by atoms with Crippen molar-refractivity contribution in [1.82, 2.24) is 19.9 Å². The smallest absolute Gasteiger partial charge is 0.254 e. The fraction of sp³-hybridized carbons (Fsp3) is 0.360. The van der Waals surface area contributed by atoms with E-state index in [-0.39, 0.29) is 23.6 Å². The number of rotatable bonds is 9. The summed E-state index contributed by atoms with van der Waals surface area (Å²) in [5, 5.41) is 3.75. The lowest BCUT2D eigenvalue weighted by Gasteiger charge is -2.19. The van der Waals surface area contributed by atoms with Crippen molar-refractivity contribution < 1.29 is 4.79 Å². The maximum atomic E-state index is 13.0. The molecule has 0 aliphatic heterocycles. The van der Waals surface area contributed by atoms with Gasteiger partial charge in [0.1, 0.15) is 12.4 Å². The topological polar surface area (TPSA) is 76.9 Å². The molecule has 0 saturated heterocycles. The third-order valence-corrected chi connectivity index (χ3v) is 6.13. The van der Waals surface area contributed by atoms with Crippen molar-refractivity contribution in [3.63, 3.8) is 0 Å². The molecule has 2 heterocycles. The number of pyridine rings is 1. The summed E-state index contributed by atoms with van der Waals surface area (Å²) in [5.74, 6) is 0.448. The molecule has 1 fully saturated rings. The van der Waals surface area contributed by atoms with Gasteiger partial charge in [-0.2, -0.15) is 0 Å². The molecule has 1 aliphatic carbocycles. The summed E-state index contributed by atoms with van der Waals surface area (Å²) in [7, 11) is 0. The van der Waals surface area contributed by atoms with Gasteiger partial charge in [-0.25, -0.2) is 4.98 Å². The van der Waals surface area contributed by atoms with E-state index < -0.39 is 0 Å². The van der Waals surface area contributed by atoms with Gasteiger partial charge in [-0.1, -0.05) is 49.6 Å². The van der Waals surface area contributed by atoms with Gasteiger partial charge in [0.05, 0.1) is 11.2 Å². The normalized spacial score (nSPS) is 14.2. The molecule has 2 aromatic heterocycles. The van der Waals surface area contributed by atoms with Crippen molar-refractivity contribution in [3.8, 4) is 11.3 Å². The molecule has 1 aliphatic rings. The van der Waals surface area contributed by atoms with Crippen molar-refractivity contribution in [1.29, 1.82) is 0 Å². The summed E-state index contributed by atoms with van der Waals surface area (Å²) in [6.07, 6.45) is 8.91. The third-order valence-electron chi connectivity index (χ3n) is 5.88. The lowest BCUT2D eigenvalue weighted by Crippen LogP contribution is -2.40. The van der Waals surface area contributed by atoms with Crippen LogP contribution in [0, 0.1) is 0 Å². The van der Waals surface area contributed by atoms with E-state index in [2.05, 4.69) is 17.2 Å². The highest BCUT2D eigenvalue weighted by atomic mass is 35.5. The fourth-order valence-corrected chi connectivity index (χ4v) is 4.05. The molecule has 0 unspecified atom stereocenters. The van der Waals surface area contributed by atoms with E-state index in [9.17, 15) is 9.59 Å². The van der Waals surface area contributed by atoms with Crippen molar-refractivity contribution in [2.45, 2.75) is 57.5 Å². The fourth-order valence-electron chi connectivity index (χ4n) is 3.92. The number of hydrogen-bond donors (Lipinski definition) is 1. The van der Waals surface area contributed by atoms with Crippen LogP contribution in [0.15, 0.2) is 59.7 Å². The van der Waals surface area contributed by atoms with Crippen molar-refractivity contribution in [2.24, 2.45) is 0 Å². The van der Waals surface area contributed by atoms with Crippen LogP contribution in [-0.2, 0) is 23.3 Å². The second kappa shape index (κ2) is 9.65. The van der Waals surface area contributed by atoms with Gasteiger partial charge >= 0.3 is 0 Å². The van der Waals surface area contributed by atoms with Crippen LogP contribution in [0.1, 0.15) is 50.4 Å². The Bertz CT molecular complexity index is 1140. The van der Waals surface area contributed by atoms with Crippen LogP contribution < -0.4 is 10.9 Å². The molecule has 6 nitrogen and oxygen atoms in total. The Morgan fingerprint density at radius 3 is 2.62 bits per heavy atom. The van der Waals surface area contributed by atoms with E-state index in [4.69, 9.17) is 16.6 Å². The van der Waals surface area contributed by atoms with Gasteiger partial charge in [0, 0.05) is 35.5 Å². The molecule has 0 bridgehead atoms. The number of aryl methyl sites for hydroxylation is 1. The molecule has 7 heteroatoms. The van der Waals surface area contributed by atoms with E-state index in [1.165, 1.54) is 10.6 Å². The summed E-state index contributed by atoms with van der Waals surface area (Å²) in [6.45, 7) is 2.09. The molecular weight excluding hydrogens is 424 g/mol. The predicted molar refractivity (Wildman–Crippen MR) is 125 cm³/mol. The Morgan fingerprint density at radius 2 is 1.97 bits per heavy atom. The van der Waals surface area contributed by atoms with Crippen LogP contribution >= 0.6 is 11.6 Å². The Labute approximate surface area is 192 Å². The molecule has 166 valence electrons. The van der Waals surface area contributed by atoms with Crippen LogP contribution in [0.4, 0.5) is 0 Å². The van der Waals surface area contributed by atoms with Crippen LogP contribution in [0.25, 0.3) is 11.3 Å². The SMILES string of the molecule is CCCCCc1nc(-c2ccc(Cl)cc2)cc(=O)n1CC(=O)NC1(c2cccnc2)CC1. The first-order valence-corrected chi connectivity index (χ1v) is 11.5. The minimum absolute atomic E-state index is 0.0454. The Hall–Kier alpha value is -2.99. The summed E-state index contributed by atoms with van der Waals surface area (Å²) in [4.78, 5) is 34.9. The number of hydrogen-bond acceptors (Lipinski definition) is 4. The molecule has 0 atom stereocenters. The van der Waals surface area contributed by atoms with Gasteiger partial charge < -0.3 is 5.32 Å². The van der Waals surface area contributed by atoms with Gasteiger partial charge in [-0.15, -0.1) is 0 Å². The largest absolute Gasteiger partial charge is 0.345 e. The zero-order chi connectivity index (χ0) is 22.6. The van der Waals surface area contributed by atoms with E-state index in [1.807, 2.05) is 24.3 Å². The Balaban J connectivity index is 1.58. The number of unbranched alkanes of at least 4 members (excludes halogenated alkanes) is 2. The minimum atomic E-state index is -0.367. The summed E-state index contributed by atoms with van der Waals surface area (Å²) in [5.41, 5.74) is 1.84. The lowest BCUT2D eigenvalue weighted by molar-refractivity contribution is -0.122. The second-order valence-electron chi connectivity index (χ2n) is 8.32. The first kappa shape index (κ1) is 22.2. The maximum Gasteiger partial charge on any atom is 0.254 e. The molecule has 4 rings (SSSR count). The maximum absolute atomic E-state index is 13.0. The average molecular weight is 451 g/mol. The Kier molecular flexibility index (Phi) is 6.70. The van der Waals surface area contributed by atoms with Crippen LogP contribution in [-0.4, -0.2) is 20.4 Å². The number of nitrogens with one attached hydrogen (secondary N) is 1. The quantitative estimate of drug-likeness (QED) is 0.487. The molecule has 1 aromatic carbocycles. The highest BCUT2D eigenvalue weighted by molar-refractivity contribution is 6.30. The van der Waals surface area contributed by atoms with Gasteiger partial charge in [0.15, 0.2) is 0 Å². The molecule has 3 aromatic rings. The van der Waals surface area contributed by atoms with Gasteiger partial charge in [-0.3, -0.25) is 19.1 Å². The zero-order valence-electron chi connectivity index (χ0n) is 18.2. The molecule has 1 N–H and O–H groups in total. The van der Waals surface area contributed by atoms with Crippen LogP contribution in [0.3, 0.4) is 0 Å². The Morgan fingerprint density at radius 1 is 1.19 bits per heavy atom. The molecule has 1 saturated carbocycles. The van der Waals surface area contributed by atoms with Crippen molar-refractivity contribution in [2.75, 3.05) is 0 Å². The van der Waals surface area contributed by atoms with Gasteiger partial charge in [-0.05, 0) is 43.0 Å². The first-order chi connectivity index (χ1) is 15.5. The average Bonchev–Trinajstić information content (AvgIpc) is 3.57. The molecule has 32 heavy (non-hydrogen) atoms. The predicted octanol–water partition coefficient (Wildman–Crippen LogP) is 4.50. The number of amides is 1. The monoisotopic (exact) mass is 450 g/mol. The number of carbonyl (C=O) groups is 1. The third kappa shape index (κ3) is 5.07. The van der Waals surface area contributed by atoms with Crippen LogP contribution in [0.2, 0.25) is 5.02 Å². The lowest BCUT2D eigenvalue weighted by atomic mass is 10.1. The van der Waals surface area contributed by atoms with Crippen molar-refractivity contribution in [3.05, 3.63) is 81.6 Å². The van der Waals surface area contributed by atoms with E-state index in [0.29, 0.717) is 23.0 Å². The minimum Gasteiger partial charge on any atom is -0.345 e. The highest BCUT2D eigenvalue weighted by Crippen LogP contribution is 2.45. The summed E-state index contributed by atoms with van der Waals surface area (Å²) < 4.78 is 1.50. The van der Waals surface area contributed by atoms with Crippen molar-refractivity contribution >= 4 is 17.5 Å². The summed E-state index contributed by atoms with van der Waals surface area (Å²) in [6, 6.07) is 12.6. The molecule has 0 radical (unpaired) electrons. The van der Waals surface area contributed by atoms with Crippen LogP contribution in [0.5, 0.6) is 0 Å². The second-order valence-corrected chi connectivity index (χ2v) is 8.75. The highest BCUT2D eigenvalue weighted by Gasteiger charge is 2.45.